The summed E-state index contributed by atoms with van der Waals surface area (Å²) in [6.07, 6.45) is 1.26. The van der Waals surface area contributed by atoms with Crippen LogP contribution < -0.4 is 9.47 Å². The topological polar surface area (TPSA) is 44.8 Å². The molecule has 0 aliphatic rings. The number of carbonyl (C=O) groups excluding carboxylic acids is 1. The van der Waals surface area contributed by atoms with E-state index >= 15 is 0 Å². The molecule has 1 aromatic carbocycles. The molecule has 0 radical (unpaired) electrons. The van der Waals surface area contributed by atoms with Gasteiger partial charge in [0, 0.05) is 0 Å². The Morgan fingerprint density at radius 1 is 1.39 bits per heavy atom. The van der Waals surface area contributed by atoms with Crippen LogP contribution in [0, 0.1) is 0 Å². The summed E-state index contributed by atoms with van der Waals surface area (Å²) in [7, 11) is 1.52. The fourth-order valence-electron chi connectivity index (χ4n) is 1.28. The SMILES string of the molecule is CCOC(=O)/C=C(/C)Oc1cccc(OC)c1Cl. The van der Waals surface area contributed by atoms with Crippen molar-refractivity contribution in [3.63, 3.8) is 0 Å². The van der Waals surface area contributed by atoms with Crippen molar-refractivity contribution in [1.82, 2.24) is 0 Å². The average molecular weight is 271 g/mol. The van der Waals surface area contributed by atoms with Gasteiger partial charge in [0.05, 0.1) is 19.8 Å². The van der Waals surface area contributed by atoms with Gasteiger partial charge in [0.25, 0.3) is 0 Å². The highest BCUT2D eigenvalue weighted by molar-refractivity contribution is 6.33. The Balaban J connectivity index is 2.82. The van der Waals surface area contributed by atoms with Gasteiger partial charge < -0.3 is 14.2 Å². The molecular weight excluding hydrogens is 256 g/mol. The molecule has 0 aliphatic heterocycles. The Morgan fingerprint density at radius 2 is 2.06 bits per heavy atom. The van der Waals surface area contributed by atoms with Crippen molar-refractivity contribution >= 4 is 17.6 Å². The summed E-state index contributed by atoms with van der Waals surface area (Å²) in [5.41, 5.74) is 0. The van der Waals surface area contributed by atoms with Crippen LogP contribution in [0.1, 0.15) is 13.8 Å². The van der Waals surface area contributed by atoms with Crippen molar-refractivity contribution < 1.29 is 19.0 Å². The largest absolute Gasteiger partial charge is 0.495 e. The standard InChI is InChI=1S/C13H15ClO4/c1-4-17-12(15)8-9(2)18-11-7-5-6-10(16-3)13(11)14/h5-8H,4H2,1-3H3/b9-8-. The second-order valence-electron chi connectivity index (χ2n) is 3.38. The number of hydrogen-bond acceptors (Lipinski definition) is 4. The van der Waals surface area contributed by atoms with Gasteiger partial charge in [0.15, 0.2) is 0 Å². The minimum absolute atomic E-state index is 0.322. The maximum atomic E-state index is 11.2. The smallest absolute Gasteiger partial charge is 0.334 e. The van der Waals surface area contributed by atoms with Crippen LogP contribution in [0.4, 0.5) is 0 Å². The van der Waals surface area contributed by atoms with E-state index < -0.39 is 5.97 Å². The van der Waals surface area contributed by atoms with Crippen molar-refractivity contribution in [2.45, 2.75) is 13.8 Å². The van der Waals surface area contributed by atoms with Crippen LogP contribution in [-0.2, 0) is 9.53 Å². The molecular formula is C13H15ClO4. The third kappa shape index (κ3) is 3.96. The number of allylic oxidation sites excluding steroid dienone is 1. The quantitative estimate of drug-likeness (QED) is 0.468. The second-order valence-corrected chi connectivity index (χ2v) is 3.76. The van der Waals surface area contributed by atoms with Gasteiger partial charge in [0.2, 0.25) is 0 Å². The monoisotopic (exact) mass is 270 g/mol. The van der Waals surface area contributed by atoms with Crippen molar-refractivity contribution in [3.8, 4) is 11.5 Å². The molecule has 0 atom stereocenters. The summed E-state index contributed by atoms with van der Waals surface area (Å²) in [6, 6.07) is 5.16. The third-order valence-corrected chi connectivity index (χ3v) is 2.40. The second kappa shape index (κ2) is 6.91. The van der Waals surface area contributed by atoms with Crippen molar-refractivity contribution in [2.75, 3.05) is 13.7 Å². The van der Waals surface area contributed by atoms with Crippen LogP contribution in [0.15, 0.2) is 30.0 Å². The summed E-state index contributed by atoms with van der Waals surface area (Å²) in [6.45, 7) is 3.70. The Morgan fingerprint density at radius 3 is 2.67 bits per heavy atom. The summed E-state index contributed by atoms with van der Waals surface area (Å²) >= 11 is 6.06. The molecule has 0 bridgehead atoms. The van der Waals surface area contributed by atoms with Crippen LogP contribution in [-0.4, -0.2) is 19.7 Å². The van der Waals surface area contributed by atoms with E-state index in [0.29, 0.717) is 28.9 Å². The fraction of sp³-hybridized carbons (Fsp3) is 0.308. The van der Waals surface area contributed by atoms with Gasteiger partial charge in [0.1, 0.15) is 22.3 Å². The van der Waals surface area contributed by atoms with Crippen molar-refractivity contribution in [2.24, 2.45) is 0 Å². The normalized spacial score (nSPS) is 11.0. The molecule has 0 heterocycles. The molecule has 18 heavy (non-hydrogen) atoms. The molecule has 0 aromatic heterocycles. The minimum atomic E-state index is -0.450. The first-order valence-electron chi connectivity index (χ1n) is 5.44. The lowest BCUT2D eigenvalue weighted by atomic mass is 10.3. The van der Waals surface area contributed by atoms with Crippen molar-refractivity contribution in [3.05, 3.63) is 35.1 Å². The molecule has 0 spiro atoms. The van der Waals surface area contributed by atoms with Crippen molar-refractivity contribution in [1.29, 1.82) is 0 Å². The summed E-state index contributed by atoms with van der Waals surface area (Å²) in [5, 5.41) is 0.358. The molecule has 1 aromatic rings. The Labute approximate surface area is 111 Å². The van der Waals surface area contributed by atoms with Gasteiger partial charge in [-0.2, -0.15) is 0 Å². The highest BCUT2D eigenvalue weighted by Crippen LogP contribution is 2.34. The maximum Gasteiger partial charge on any atom is 0.334 e. The first-order chi connectivity index (χ1) is 8.58. The third-order valence-electron chi connectivity index (χ3n) is 2.03. The zero-order valence-electron chi connectivity index (χ0n) is 10.5. The summed E-state index contributed by atoms with van der Waals surface area (Å²) < 4.78 is 15.3. The first-order valence-corrected chi connectivity index (χ1v) is 5.81. The Hall–Kier alpha value is -1.68. The molecule has 0 N–H and O–H groups in total. The molecule has 1 rings (SSSR count). The predicted molar refractivity (Wildman–Crippen MR) is 69.0 cm³/mol. The maximum absolute atomic E-state index is 11.2. The molecule has 0 saturated heterocycles. The fourth-order valence-corrected chi connectivity index (χ4v) is 1.52. The minimum Gasteiger partial charge on any atom is -0.495 e. The molecule has 98 valence electrons. The number of hydrogen-bond donors (Lipinski definition) is 0. The van der Waals surface area contributed by atoms with E-state index in [1.54, 1.807) is 32.0 Å². The van der Waals surface area contributed by atoms with E-state index in [9.17, 15) is 4.79 Å². The Kier molecular flexibility index (Phi) is 5.52. The van der Waals surface area contributed by atoms with Crippen LogP contribution in [0.5, 0.6) is 11.5 Å². The molecule has 4 nitrogen and oxygen atoms in total. The summed E-state index contributed by atoms with van der Waals surface area (Å²) in [5.74, 6) is 0.879. The number of ether oxygens (including phenoxy) is 3. The number of halogens is 1. The van der Waals surface area contributed by atoms with E-state index in [1.165, 1.54) is 13.2 Å². The van der Waals surface area contributed by atoms with Gasteiger partial charge in [-0.1, -0.05) is 17.7 Å². The van der Waals surface area contributed by atoms with Gasteiger partial charge in [-0.15, -0.1) is 0 Å². The molecule has 0 amide bonds. The summed E-state index contributed by atoms with van der Waals surface area (Å²) in [4.78, 5) is 11.2. The lowest BCUT2D eigenvalue weighted by Gasteiger charge is -2.10. The van der Waals surface area contributed by atoms with E-state index in [2.05, 4.69) is 0 Å². The van der Waals surface area contributed by atoms with E-state index in [0.717, 1.165) is 0 Å². The van der Waals surface area contributed by atoms with Crippen LogP contribution in [0.2, 0.25) is 5.02 Å². The Bertz CT molecular complexity index is 454. The predicted octanol–water partition coefficient (Wildman–Crippen LogP) is 3.19. The first kappa shape index (κ1) is 14.4. The van der Waals surface area contributed by atoms with E-state index in [-0.39, 0.29) is 0 Å². The average Bonchev–Trinajstić information content (AvgIpc) is 2.32. The number of benzene rings is 1. The highest BCUT2D eigenvalue weighted by Gasteiger charge is 2.09. The van der Waals surface area contributed by atoms with Crippen LogP contribution >= 0.6 is 11.6 Å². The zero-order chi connectivity index (χ0) is 13.5. The van der Waals surface area contributed by atoms with Gasteiger partial charge in [-0.3, -0.25) is 0 Å². The molecule has 0 fully saturated rings. The van der Waals surface area contributed by atoms with E-state index in [1.807, 2.05) is 0 Å². The van der Waals surface area contributed by atoms with Gasteiger partial charge in [-0.05, 0) is 26.0 Å². The van der Waals surface area contributed by atoms with Crippen LogP contribution in [0.25, 0.3) is 0 Å². The molecule has 5 heteroatoms. The van der Waals surface area contributed by atoms with E-state index in [4.69, 9.17) is 25.8 Å². The molecule has 0 aliphatic carbocycles. The lowest BCUT2D eigenvalue weighted by Crippen LogP contribution is -2.03. The zero-order valence-corrected chi connectivity index (χ0v) is 11.3. The van der Waals surface area contributed by atoms with Crippen LogP contribution in [0.3, 0.4) is 0 Å². The number of methoxy groups -OCH3 is 1. The number of carbonyl (C=O) groups is 1. The number of esters is 1. The van der Waals surface area contributed by atoms with Gasteiger partial charge >= 0.3 is 5.97 Å². The molecule has 0 saturated carbocycles. The lowest BCUT2D eigenvalue weighted by molar-refractivity contribution is -0.137. The highest BCUT2D eigenvalue weighted by atomic mass is 35.5. The van der Waals surface area contributed by atoms with Gasteiger partial charge in [-0.25, -0.2) is 4.79 Å². The molecule has 0 unspecified atom stereocenters. The number of rotatable bonds is 5.